The highest BCUT2D eigenvalue weighted by Crippen LogP contribution is 2.60. The summed E-state index contributed by atoms with van der Waals surface area (Å²) in [4.78, 5) is 0. The second-order valence-corrected chi connectivity index (χ2v) is 17.4. The van der Waals surface area contributed by atoms with Crippen molar-refractivity contribution >= 4 is 40.9 Å². The van der Waals surface area contributed by atoms with Gasteiger partial charge in [-0.05, 0) is 32.6 Å². The fraction of sp³-hybridized carbons (Fsp3) is 0.867. The lowest BCUT2D eigenvalue weighted by Gasteiger charge is -2.36. The van der Waals surface area contributed by atoms with Gasteiger partial charge in [0.25, 0.3) is 0 Å². The molecule has 0 aliphatic carbocycles. The van der Waals surface area contributed by atoms with E-state index < -0.39 is 51.9 Å². The summed E-state index contributed by atoms with van der Waals surface area (Å²) in [5.74, 6) is 0.417. The first-order chi connectivity index (χ1) is 13.9. The predicted molar refractivity (Wildman–Crippen MR) is 109 cm³/mol. The second kappa shape index (κ2) is 9.24. The van der Waals surface area contributed by atoms with Crippen LogP contribution in [-0.2, 0) is 27.5 Å². The van der Waals surface area contributed by atoms with Gasteiger partial charge in [0.1, 0.15) is 0 Å². The molecule has 6 nitrogen and oxygen atoms in total. The predicted octanol–water partition coefficient (Wildman–Crippen LogP) is 4.69. The SMILES string of the molecule is C/C(=C\CS1(OS(=O)(=O)C(F)(F)F)CCCC1)CS1(OS(=O)(=O)C(F)(F)F)CCCC1. The summed E-state index contributed by atoms with van der Waals surface area (Å²) in [6.07, 6.45) is 3.44. The molecule has 0 amide bonds. The van der Waals surface area contributed by atoms with Crippen LogP contribution >= 0.6 is 20.6 Å². The van der Waals surface area contributed by atoms with Crippen molar-refractivity contribution in [3.63, 3.8) is 0 Å². The summed E-state index contributed by atoms with van der Waals surface area (Å²) < 4.78 is 132. The maximum atomic E-state index is 12.8. The molecule has 0 spiro atoms. The summed E-state index contributed by atoms with van der Waals surface area (Å²) in [6.45, 7) is 1.51. The third-order valence-corrected chi connectivity index (χ3v) is 15.6. The van der Waals surface area contributed by atoms with Crippen molar-refractivity contribution in [2.45, 2.75) is 43.6 Å². The van der Waals surface area contributed by atoms with Gasteiger partial charge in [0, 0.05) is 34.5 Å². The maximum absolute atomic E-state index is 12.8. The van der Waals surface area contributed by atoms with Gasteiger partial charge < -0.3 is 0 Å². The molecular formula is C15H24F6O6S4. The van der Waals surface area contributed by atoms with Crippen LogP contribution in [0.1, 0.15) is 32.6 Å². The second-order valence-electron chi connectivity index (χ2n) is 7.46. The Kier molecular flexibility index (Phi) is 8.07. The first-order valence-electron chi connectivity index (χ1n) is 9.16. The highest BCUT2D eigenvalue weighted by atomic mass is 32.3. The van der Waals surface area contributed by atoms with E-state index in [1.807, 2.05) is 0 Å². The van der Waals surface area contributed by atoms with Crippen LogP contribution < -0.4 is 0 Å². The quantitative estimate of drug-likeness (QED) is 0.251. The molecule has 2 rings (SSSR count). The van der Waals surface area contributed by atoms with Gasteiger partial charge in [0.05, 0.1) is 0 Å². The zero-order valence-electron chi connectivity index (χ0n) is 16.5. The molecule has 0 bridgehead atoms. The molecule has 2 aliphatic heterocycles. The van der Waals surface area contributed by atoms with E-state index in [2.05, 4.69) is 7.26 Å². The Morgan fingerprint density at radius 1 is 0.774 bits per heavy atom. The van der Waals surface area contributed by atoms with Gasteiger partial charge in [0.2, 0.25) is 0 Å². The van der Waals surface area contributed by atoms with Crippen LogP contribution in [0, 0.1) is 0 Å². The molecule has 0 N–H and O–H groups in total. The van der Waals surface area contributed by atoms with Crippen LogP contribution in [0.5, 0.6) is 0 Å². The zero-order chi connectivity index (χ0) is 23.8. The molecule has 0 unspecified atom stereocenters. The third-order valence-electron chi connectivity index (χ3n) is 4.83. The molecule has 0 saturated carbocycles. The summed E-state index contributed by atoms with van der Waals surface area (Å²) in [5.41, 5.74) is -10.7. The molecule has 2 saturated heterocycles. The maximum Gasteiger partial charge on any atom is 0.523 e. The van der Waals surface area contributed by atoms with Crippen LogP contribution in [0.3, 0.4) is 0 Å². The van der Waals surface area contributed by atoms with Crippen molar-refractivity contribution in [2.24, 2.45) is 0 Å². The Morgan fingerprint density at radius 3 is 1.52 bits per heavy atom. The van der Waals surface area contributed by atoms with E-state index in [1.165, 1.54) is 13.0 Å². The molecule has 2 heterocycles. The van der Waals surface area contributed by atoms with Crippen molar-refractivity contribution in [1.29, 1.82) is 0 Å². The molecule has 2 aliphatic rings. The number of alkyl halides is 6. The largest absolute Gasteiger partial charge is 0.523 e. The minimum atomic E-state index is -5.78. The molecule has 0 atom stereocenters. The highest BCUT2D eigenvalue weighted by Gasteiger charge is 2.52. The van der Waals surface area contributed by atoms with E-state index in [4.69, 9.17) is 0 Å². The van der Waals surface area contributed by atoms with Crippen LogP contribution in [0.25, 0.3) is 0 Å². The van der Waals surface area contributed by atoms with E-state index in [1.54, 1.807) is 0 Å². The van der Waals surface area contributed by atoms with E-state index in [-0.39, 0.29) is 34.5 Å². The highest BCUT2D eigenvalue weighted by molar-refractivity contribution is 8.33. The lowest BCUT2D eigenvalue weighted by Crippen LogP contribution is -2.29. The fourth-order valence-electron chi connectivity index (χ4n) is 3.39. The molecule has 186 valence electrons. The van der Waals surface area contributed by atoms with Gasteiger partial charge in [0.15, 0.2) is 0 Å². The van der Waals surface area contributed by atoms with Gasteiger partial charge in [-0.15, -0.1) is 20.6 Å². The molecular weight excluding hydrogens is 518 g/mol. The van der Waals surface area contributed by atoms with Crippen molar-refractivity contribution < 1.29 is 50.4 Å². The van der Waals surface area contributed by atoms with Gasteiger partial charge in [-0.2, -0.15) is 43.2 Å². The average Bonchev–Trinajstić information content (AvgIpc) is 3.20. The number of hydrogen-bond acceptors (Lipinski definition) is 6. The summed E-state index contributed by atoms with van der Waals surface area (Å²) in [7, 11) is -16.8. The number of halogens is 6. The minimum Gasteiger partial charge on any atom is -0.213 e. The normalized spacial score (nSPS) is 24.8. The lowest BCUT2D eigenvalue weighted by atomic mass is 10.3. The summed E-state index contributed by atoms with van der Waals surface area (Å²) >= 11 is 0. The number of rotatable bonds is 8. The molecule has 0 aromatic heterocycles. The molecule has 0 aromatic carbocycles. The fourth-order valence-corrected chi connectivity index (χ4v) is 14.0. The molecule has 2 fully saturated rings. The van der Waals surface area contributed by atoms with Gasteiger partial charge in [-0.25, -0.2) is 7.26 Å². The first kappa shape index (κ1) is 27.1. The van der Waals surface area contributed by atoms with Gasteiger partial charge in [-0.3, -0.25) is 0 Å². The summed E-state index contributed by atoms with van der Waals surface area (Å²) in [6, 6.07) is 0. The standard InChI is InChI=1S/C15H24F6O6S4/c1-13(12-29(9-4-5-10-29)27-31(24,25)15(19,20)21)6-11-28(7-2-3-8-28)26-30(22,23)14(16,17)18/h6H,2-5,7-12H2,1H3/b13-6+. The van der Waals surface area contributed by atoms with Crippen molar-refractivity contribution in [3.8, 4) is 0 Å². The molecule has 31 heavy (non-hydrogen) atoms. The Hall–Kier alpha value is -0.160. The Bertz CT molecular complexity index is 882. The third kappa shape index (κ3) is 6.68. The summed E-state index contributed by atoms with van der Waals surface area (Å²) in [5, 5.41) is 0. The van der Waals surface area contributed by atoms with Crippen LogP contribution in [-0.4, -0.2) is 62.4 Å². The Morgan fingerprint density at radius 2 is 1.13 bits per heavy atom. The van der Waals surface area contributed by atoms with Crippen molar-refractivity contribution in [3.05, 3.63) is 11.6 Å². The van der Waals surface area contributed by atoms with Crippen molar-refractivity contribution in [1.82, 2.24) is 0 Å². The average molecular weight is 543 g/mol. The number of hydrogen-bond donors (Lipinski definition) is 0. The van der Waals surface area contributed by atoms with E-state index in [0.717, 1.165) is 0 Å². The van der Waals surface area contributed by atoms with Gasteiger partial charge >= 0.3 is 31.3 Å². The van der Waals surface area contributed by atoms with Crippen molar-refractivity contribution in [2.75, 3.05) is 34.5 Å². The Labute approximate surface area is 181 Å². The van der Waals surface area contributed by atoms with Crippen LogP contribution in [0.15, 0.2) is 11.6 Å². The van der Waals surface area contributed by atoms with Gasteiger partial charge in [-0.1, -0.05) is 11.6 Å². The molecule has 16 heteroatoms. The molecule has 0 aromatic rings. The zero-order valence-corrected chi connectivity index (χ0v) is 19.8. The monoisotopic (exact) mass is 542 g/mol. The lowest BCUT2D eigenvalue weighted by molar-refractivity contribution is -0.0500. The Balaban J connectivity index is 2.19. The minimum absolute atomic E-state index is 0.0934. The smallest absolute Gasteiger partial charge is 0.213 e. The van der Waals surface area contributed by atoms with E-state index in [9.17, 15) is 43.2 Å². The van der Waals surface area contributed by atoms with E-state index >= 15 is 0 Å². The van der Waals surface area contributed by atoms with Crippen LogP contribution in [0.2, 0.25) is 0 Å². The van der Waals surface area contributed by atoms with Crippen LogP contribution in [0.4, 0.5) is 26.3 Å². The first-order valence-corrected chi connectivity index (χ1v) is 16.1. The topological polar surface area (TPSA) is 86.7 Å². The van der Waals surface area contributed by atoms with E-state index in [0.29, 0.717) is 31.3 Å². The molecule has 0 radical (unpaired) electrons.